The van der Waals surface area contributed by atoms with Gasteiger partial charge >= 0.3 is 0 Å². The lowest BCUT2D eigenvalue weighted by Crippen LogP contribution is -2.30. The first kappa shape index (κ1) is 15.5. The van der Waals surface area contributed by atoms with Gasteiger partial charge in [0.25, 0.3) is 0 Å². The molecule has 0 aliphatic rings. The number of carbonyl (C=O) groups excluding carboxylic acids is 1. The lowest BCUT2D eigenvalue weighted by Gasteiger charge is -2.16. The number of benzene rings is 2. The standard InChI is InChI=1S/C17H21NO3/c1-13(18-17(19)12-21-11-10-20-2)15-9-5-7-14-6-3-4-8-16(14)15/h3-9,13H,10-12H2,1-2H3,(H,18,19)/t13-/m0/s1. The van der Waals surface area contributed by atoms with E-state index in [4.69, 9.17) is 9.47 Å². The van der Waals surface area contributed by atoms with Gasteiger partial charge in [0, 0.05) is 7.11 Å². The molecular weight excluding hydrogens is 266 g/mol. The average molecular weight is 287 g/mol. The van der Waals surface area contributed by atoms with Crippen LogP contribution in [-0.4, -0.2) is 32.8 Å². The third kappa shape index (κ3) is 4.28. The Hall–Kier alpha value is -1.91. The number of rotatable bonds is 7. The van der Waals surface area contributed by atoms with Crippen LogP contribution in [0.15, 0.2) is 42.5 Å². The van der Waals surface area contributed by atoms with Gasteiger partial charge < -0.3 is 14.8 Å². The van der Waals surface area contributed by atoms with Gasteiger partial charge in [0.05, 0.1) is 19.3 Å². The van der Waals surface area contributed by atoms with Gasteiger partial charge in [-0.3, -0.25) is 4.79 Å². The molecule has 0 aliphatic heterocycles. The van der Waals surface area contributed by atoms with Gasteiger partial charge in [0.1, 0.15) is 6.61 Å². The molecule has 0 radical (unpaired) electrons. The molecule has 2 rings (SSSR count). The summed E-state index contributed by atoms with van der Waals surface area (Å²) in [7, 11) is 1.60. The molecule has 1 N–H and O–H groups in total. The summed E-state index contributed by atoms with van der Waals surface area (Å²) in [5.41, 5.74) is 1.11. The summed E-state index contributed by atoms with van der Waals surface area (Å²) >= 11 is 0. The summed E-state index contributed by atoms with van der Waals surface area (Å²) in [6.45, 7) is 2.95. The van der Waals surface area contributed by atoms with Crippen molar-refractivity contribution in [3.63, 3.8) is 0 Å². The predicted molar refractivity (Wildman–Crippen MR) is 83.2 cm³/mol. The fourth-order valence-electron chi connectivity index (χ4n) is 2.30. The molecule has 1 atom stereocenters. The Bertz CT molecular complexity index is 592. The van der Waals surface area contributed by atoms with E-state index < -0.39 is 0 Å². The van der Waals surface area contributed by atoms with E-state index in [2.05, 4.69) is 23.5 Å². The molecule has 0 saturated heterocycles. The van der Waals surface area contributed by atoms with E-state index in [1.165, 1.54) is 5.39 Å². The van der Waals surface area contributed by atoms with Crippen molar-refractivity contribution in [1.29, 1.82) is 0 Å². The molecule has 2 aromatic rings. The maximum absolute atomic E-state index is 11.8. The Labute approximate surface area is 125 Å². The number of carbonyl (C=O) groups is 1. The van der Waals surface area contributed by atoms with Crippen LogP contribution in [-0.2, 0) is 14.3 Å². The summed E-state index contributed by atoms with van der Waals surface area (Å²) in [6, 6.07) is 14.2. The van der Waals surface area contributed by atoms with E-state index in [9.17, 15) is 4.79 Å². The third-order valence-corrected chi connectivity index (χ3v) is 3.33. The molecule has 0 fully saturated rings. The van der Waals surface area contributed by atoms with Crippen LogP contribution in [0.25, 0.3) is 10.8 Å². The molecule has 0 bridgehead atoms. The maximum Gasteiger partial charge on any atom is 0.246 e. The van der Waals surface area contributed by atoms with Crippen molar-refractivity contribution in [3.05, 3.63) is 48.0 Å². The fourth-order valence-corrected chi connectivity index (χ4v) is 2.30. The lowest BCUT2D eigenvalue weighted by atomic mass is 10.00. The average Bonchev–Trinajstić information content (AvgIpc) is 2.51. The Morgan fingerprint density at radius 2 is 1.90 bits per heavy atom. The molecule has 2 aromatic carbocycles. The summed E-state index contributed by atoms with van der Waals surface area (Å²) < 4.78 is 10.1. The van der Waals surface area contributed by atoms with Crippen molar-refractivity contribution in [2.75, 3.05) is 26.9 Å². The minimum atomic E-state index is -0.119. The van der Waals surface area contributed by atoms with E-state index in [-0.39, 0.29) is 18.6 Å². The van der Waals surface area contributed by atoms with Gasteiger partial charge in [-0.25, -0.2) is 0 Å². The highest BCUT2D eigenvalue weighted by Gasteiger charge is 2.12. The second kappa shape index (κ2) is 7.76. The highest BCUT2D eigenvalue weighted by atomic mass is 16.5. The minimum absolute atomic E-state index is 0.0540. The fraction of sp³-hybridized carbons (Fsp3) is 0.353. The Kier molecular flexibility index (Phi) is 5.72. The molecule has 0 heterocycles. The summed E-state index contributed by atoms with van der Waals surface area (Å²) in [5, 5.41) is 5.29. The molecule has 0 unspecified atom stereocenters. The molecular formula is C17H21NO3. The van der Waals surface area contributed by atoms with E-state index in [0.717, 1.165) is 10.9 Å². The van der Waals surface area contributed by atoms with Crippen LogP contribution in [0.5, 0.6) is 0 Å². The number of hydrogen-bond donors (Lipinski definition) is 1. The molecule has 1 amide bonds. The van der Waals surface area contributed by atoms with Crippen molar-refractivity contribution in [1.82, 2.24) is 5.32 Å². The Morgan fingerprint density at radius 1 is 1.14 bits per heavy atom. The summed E-state index contributed by atoms with van der Waals surface area (Å²) in [4.78, 5) is 11.8. The molecule has 4 heteroatoms. The second-order valence-electron chi connectivity index (χ2n) is 4.90. The molecule has 0 aliphatic carbocycles. The molecule has 21 heavy (non-hydrogen) atoms. The number of methoxy groups -OCH3 is 1. The SMILES string of the molecule is COCCOCC(=O)N[C@@H](C)c1cccc2ccccc12. The smallest absolute Gasteiger partial charge is 0.246 e. The molecule has 4 nitrogen and oxygen atoms in total. The summed E-state index contributed by atoms with van der Waals surface area (Å²) in [6.07, 6.45) is 0. The molecule has 0 saturated carbocycles. The quantitative estimate of drug-likeness (QED) is 0.796. The van der Waals surface area contributed by atoms with Crippen LogP contribution in [0.3, 0.4) is 0 Å². The van der Waals surface area contributed by atoms with E-state index >= 15 is 0 Å². The topological polar surface area (TPSA) is 47.6 Å². The van der Waals surface area contributed by atoms with Crippen LogP contribution in [0.4, 0.5) is 0 Å². The maximum atomic E-state index is 11.8. The third-order valence-electron chi connectivity index (χ3n) is 3.33. The zero-order valence-electron chi connectivity index (χ0n) is 12.5. The number of nitrogens with one attached hydrogen (secondary N) is 1. The first-order valence-electron chi connectivity index (χ1n) is 7.06. The van der Waals surface area contributed by atoms with E-state index in [1.54, 1.807) is 7.11 Å². The van der Waals surface area contributed by atoms with Gasteiger partial charge in [0.15, 0.2) is 0 Å². The van der Waals surface area contributed by atoms with Crippen LogP contribution >= 0.6 is 0 Å². The van der Waals surface area contributed by atoms with Gasteiger partial charge in [-0.1, -0.05) is 42.5 Å². The molecule has 112 valence electrons. The lowest BCUT2D eigenvalue weighted by molar-refractivity contribution is -0.126. The van der Waals surface area contributed by atoms with Crippen molar-refractivity contribution in [3.8, 4) is 0 Å². The number of fused-ring (bicyclic) bond motifs is 1. The van der Waals surface area contributed by atoms with Gasteiger partial charge in [-0.15, -0.1) is 0 Å². The van der Waals surface area contributed by atoms with E-state index in [1.807, 2.05) is 31.2 Å². The van der Waals surface area contributed by atoms with Crippen LogP contribution in [0.1, 0.15) is 18.5 Å². The van der Waals surface area contributed by atoms with Crippen LogP contribution in [0, 0.1) is 0 Å². The van der Waals surface area contributed by atoms with E-state index in [0.29, 0.717) is 13.2 Å². The van der Waals surface area contributed by atoms with Crippen molar-refractivity contribution >= 4 is 16.7 Å². The highest BCUT2D eigenvalue weighted by molar-refractivity contribution is 5.87. The van der Waals surface area contributed by atoms with Crippen molar-refractivity contribution < 1.29 is 14.3 Å². The molecule has 0 spiro atoms. The number of hydrogen-bond acceptors (Lipinski definition) is 3. The minimum Gasteiger partial charge on any atom is -0.382 e. The Morgan fingerprint density at radius 3 is 2.71 bits per heavy atom. The zero-order valence-corrected chi connectivity index (χ0v) is 12.5. The molecule has 0 aromatic heterocycles. The monoisotopic (exact) mass is 287 g/mol. The summed E-state index contributed by atoms with van der Waals surface area (Å²) in [5.74, 6) is -0.119. The first-order chi connectivity index (χ1) is 10.2. The highest BCUT2D eigenvalue weighted by Crippen LogP contribution is 2.23. The zero-order chi connectivity index (χ0) is 15.1. The first-order valence-corrected chi connectivity index (χ1v) is 7.06. The van der Waals surface area contributed by atoms with Crippen LogP contribution in [0.2, 0.25) is 0 Å². The van der Waals surface area contributed by atoms with Gasteiger partial charge in [-0.05, 0) is 23.3 Å². The number of amides is 1. The Balaban J connectivity index is 1.99. The second-order valence-corrected chi connectivity index (χ2v) is 4.90. The normalized spacial score (nSPS) is 12.3. The van der Waals surface area contributed by atoms with Gasteiger partial charge in [-0.2, -0.15) is 0 Å². The predicted octanol–water partition coefficient (Wildman–Crippen LogP) is 2.68. The van der Waals surface area contributed by atoms with Gasteiger partial charge in [0.2, 0.25) is 5.91 Å². The van der Waals surface area contributed by atoms with Crippen molar-refractivity contribution in [2.24, 2.45) is 0 Å². The number of ether oxygens (including phenoxy) is 2. The van der Waals surface area contributed by atoms with Crippen molar-refractivity contribution in [2.45, 2.75) is 13.0 Å². The van der Waals surface area contributed by atoms with Crippen LogP contribution < -0.4 is 5.32 Å². The largest absolute Gasteiger partial charge is 0.382 e.